The van der Waals surface area contributed by atoms with Gasteiger partial charge in [-0.05, 0) is 25.1 Å². The standard InChI is InChI=1S/C12H20N2O2/c1-14(9-12(15)10-16-2)7-5-11-4-3-6-13-8-11/h3-4,6,8,12,15H,5,7,9-10H2,1-2H3. The monoisotopic (exact) mass is 224 g/mol. The van der Waals surface area contributed by atoms with E-state index in [0.29, 0.717) is 13.2 Å². The van der Waals surface area contributed by atoms with Crippen LogP contribution in [-0.4, -0.2) is 54.9 Å². The minimum Gasteiger partial charge on any atom is -0.389 e. The van der Waals surface area contributed by atoms with E-state index in [-0.39, 0.29) is 0 Å². The molecule has 0 fully saturated rings. The maximum absolute atomic E-state index is 9.54. The molecule has 0 aliphatic rings. The molecule has 0 aliphatic heterocycles. The topological polar surface area (TPSA) is 45.6 Å². The molecule has 0 saturated heterocycles. The van der Waals surface area contributed by atoms with Crippen LogP contribution < -0.4 is 0 Å². The molecule has 0 bridgehead atoms. The number of aliphatic hydroxyl groups excluding tert-OH is 1. The van der Waals surface area contributed by atoms with Gasteiger partial charge in [-0.15, -0.1) is 0 Å². The average molecular weight is 224 g/mol. The van der Waals surface area contributed by atoms with E-state index in [1.165, 1.54) is 5.56 Å². The van der Waals surface area contributed by atoms with Crippen LogP contribution in [0.4, 0.5) is 0 Å². The van der Waals surface area contributed by atoms with E-state index in [4.69, 9.17) is 4.74 Å². The zero-order chi connectivity index (χ0) is 11.8. The average Bonchev–Trinajstić information content (AvgIpc) is 2.28. The van der Waals surface area contributed by atoms with Crippen molar-refractivity contribution in [3.63, 3.8) is 0 Å². The molecule has 1 atom stereocenters. The Balaban J connectivity index is 2.22. The Kier molecular flexibility index (Phi) is 6.00. The van der Waals surface area contributed by atoms with Gasteiger partial charge in [-0.1, -0.05) is 6.07 Å². The van der Waals surface area contributed by atoms with Gasteiger partial charge in [-0.3, -0.25) is 4.98 Å². The number of methoxy groups -OCH3 is 1. The van der Waals surface area contributed by atoms with Gasteiger partial charge in [0.15, 0.2) is 0 Å². The Bertz CT molecular complexity index is 280. The molecule has 0 radical (unpaired) electrons. The second-order valence-electron chi connectivity index (χ2n) is 3.98. The van der Waals surface area contributed by atoms with Gasteiger partial charge in [0.2, 0.25) is 0 Å². The van der Waals surface area contributed by atoms with Crippen LogP contribution in [0.3, 0.4) is 0 Å². The van der Waals surface area contributed by atoms with Crippen molar-refractivity contribution in [3.05, 3.63) is 30.1 Å². The quantitative estimate of drug-likeness (QED) is 0.735. The van der Waals surface area contributed by atoms with Crippen LogP contribution >= 0.6 is 0 Å². The predicted octanol–water partition coefficient (Wildman–Crippen LogP) is 0.563. The van der Waals surface area contributed by atoms with Crippen molar-refractivity contribution in [1.82, 2.24) is 9.88 Å². The molecule has 1 N–H and O–H groups in total. The van der Waals surface area contributed by atoms with Crippen LogP contribution in [0.1, 0.15) is 5.56 Å². The molecule has 4 nitrogen and oxygen atoms in total. The Morgan fingerprint density at radius 3 is 3.00 bits per heavy atom. The lowest BCUT2D eigenvalue weighted by atomic mass is 10.2. The Hall–Kier alpha value is -0.970. The lowest BCUT2D eigenvalue weighted by Gasteiger charge is -2.19. The highest BCUT2D eigenvalue weighted by molar-refractivity contribution is 5.08. The fourth-order valence-electron chi connectivity index (χ4n) is 1.56. The lowest BCUT2D eigenvalue weighted by Crippen LogP contribution is -2.33. The normalized spacial score (nSPS) is 13.0. The summed E-state index contributed by atoms with van der Waals surface area (Å²) in [5.74, 6) is 0. The highest BCUT2D eigenvalue weighted by atomic mass is 16.5. The molecule has 0 aliphatic carbocycles. The highest BCUT2D eigenvalue weighted by Gasteiger charge is 2.07. The molecule has 0 amide bonds. The SMILES string of the molecule is COCC(O)CN(C)CCc1cccnc1. The summed E-state index contributed by atoms with van der Waals surface area (Å²) in [6, 6.07) is 4.00. The van der Waals surface area contributed by atoms with Gasteiger partial charge in [-0.25, -0.2) is 0 Å². The highest BCUT2D eigenvalue weighted by Crippen LogP contribution is 1.99. The molecular formula is C12H20N2O2. The number of hydrogen-bond acceptors (Lipinski definition) is 4. The summed E-state index contributed by atoms with van der Waals surface area (Å²) in [5, 5.41) is 9.54. The molecule has 1 rings (SSSR count). The molecular weight excluding hydrogens is 204 g/mol. The summed E-state index contributed by atoms with van der Waals surface area (Å²) in [4.78, 5) is 6.16. The van der Waals surface area contributed by atoms with Crippen molar-refractivity contribution in [2.24, 2.45) is 0 Å². The summed E-state index contributed by atoms with van der Waals surface area (Å²) in [6.07, 6.45) is 4.18. The number of likely N-dealkylation sites (N-methyl/N-ethyl adjacent to an activating group) is 1. The van der Waals surface area contributed by atoms with Crippen molar-refractivity contribution in [1.29, 1.82) is 0 Å². The first-order valence-corrected chi connectivity index (χ1v) is 5.47. The van der Waals surface area contributed by atoms with Crippen LogP contribution in [0.15, 0.2) is 24.5 Å². The van der Waals surface area contributed by atoms with Gasteiger partial charge in [0.25, 0.3) is 0 Å². The van der Waals surface area contributed by atoms with Crippen molar-refractivity contribution >= 4 is 0 Å². The summed E-state index contributed by atoms with van der Waals surface area (Å²) >= 11 is 0. The van der Waals surface area contributed by atoms with Crippen molar-refractivity contribution in [2.75, 3.05) is 33.9 Å². The molecule has 1 unspecified atom stereocenters. The van der Waals surface area contributed by atoms with E-state index < -0.39 is 6.10 Å². The van der Waals surface area contributed by atoms with Crippen molar-refractivity contribution in [3.8, 4) is 0 Å². The van der Waals surface area contributed by atoms with E-state index in [9.17, 15) is 5.11 Å². The minimum absolute atomic E-state index is 0.386. The first kappa shape index (κ1) is 13.1. The molecule has 0 spiro atoms. The van der Waals surface area contributed by atoms with Gasteiger partial charge in [-0.2, -0.15) is 0 Å². The number of pyridine rings is 1. The molecule has 1 heterocycles. The first-order chi connectivity index (χ1) is 7.72. The Morgan fingerprint density at radius 1 is 1.56 bits per heavy atom. The number of nitrogens with zero attached hydrogens (tertiary/aromatic N) is 2. The van der Waals surface area contributed by atoms with Crippen LogP contribution in [0, 0.1) is 0 Å². The summed E-state index contributed by atoms with van der Waals surface area (Å²) in [6.45, 7) is 1.93. The van der Waals surface area contributed by atoms with Crippen LogP contribution in [0.5, 0.6) is 0 Å². The van der Waals surface area contributed by atoms with Gasteiger partial charge in [0.05, 0.1) is 12.7 Å². The molecule has 90 valence electrons. The van der Waals surface area contributed by atoms with Crippen LogP contribution in [-0.2, 0) is 11.2 Å². The Labute approximate surface area is 96.9 Å². The number of aromatic nitrogens is 1. The van der Waals surface area contributed by atoms with Crippen LogP contribution in [0.25, 0.3) is 0 Å². The first-order valence-electron chi connectivity index (χ1n) is 5.47. The number of rotatable bonds is 7. The second-order valence-corrected chi connectivity index (χ2v) is 3.98. The third-order valence-electron chi connectivity index (χ3n) is 2.39. The molecule has 0 aromatic carbocycles. The van der Waals surface area contributed by atoms with E-state index in [2.05, 4.69) is 16.0 Å². The largest absolute Gasteiger partial charge is 0.389 e. The maximum Gasteiger partial charge on any atom is 0.0899 e. The van der Waals surface area contributed by atoms with Crippen molar-refractivity contribution < 1.29 is 9.84 Å². The van der Waals surface area contributed by atoms with Gasteiger partial charge >= 0.3 is 0 Å². The van der Waals surface area contributed by atoms with Gasteiger partial charge in [0.1, 0.15) is 0 Å². The number of aliphatic hydroxyl groups is 1. The van der Waals surface area contributed by atoms with Gasteiger partial charge in [0, 0.05) is 32.6 Å². The van der Waals surface area contributed by atoms with Gasteiger partial charge < -0.3 is 14.7 Å². The second kappa shape index (κ2) is 7.33. The predicted molar refractivity (Wildman–Crippen MR) is 63.3 cm³/mol. The molecule has 16 heavy (non-hydrogen) atoms. The molecule has 1 aromatic rings. The van der Waals surface area contributed by atoms with Crippen molar-refractivity contribution in [2.45, 2.75) is 12.5 Å². The smallest absolute Gasteiger partial charge is 0.0899 e. The fourth-order valence-corrected chi connectivity index (χ4v) is 1.56. The van der Waals surface area contributed by atoms with Crippen LogP contribution in [0.2, 0.25) is 0 Å². The summed E-state index contributed by atoms with van der Waals surface area (Å²) in [7, 11) is 3.59. The van der Waals surface area contributed by atoms with E-state index >= 15 is 0 Å². The number of hydrogen-bond donors (Lipinski definition) is 1. The van der Waals surface area contributed by atoms with E-state index in [0.717, 1.165) is 13.0 Å². The fraction of sp³-hybridized carbons (Fsp3) is 0.583. The third kappa shape index (κ3) is 5.21. The zero-order valence-corrected chi connectivity index (χ0v) is 9.97. The summed E-state index contributed by atoms with van der Waals surface area (Å²) in [5.41, 5.74) is 1.22. The molecule has 0 saturated carbocycles. The van der Waals surface area contributed by atoms with E-state index in [1.807, 2.05) is 19.3 Å². The van der Waals surface area contributed by atoms with E-state index in [1.54, 1.807) is 13.3 Å². The minimum atomic E-state index is -0.413. The summed E-state index contributed by atoms with van der Waals surface area (Å²) < 4.78 is 4.88. The molecule has 1 aromatic heterocycles. The Morgan fingerprint density at radius 2 is 2.38 bits per heavy atom. The lowest BCUT2D eigenvalue weighted by molar-refractivity contribution is 0.0435. The third-order valence-corrected chi connectivity index (χ3v) is 2.39. The zero-order valence-electron chi connectivity index (χ0n) is 9.97. The molecule has 4 heteroatoms. The number of ether oxygens (including phenoxy) is 1. The maximum atomic E-state index is 9.54.